The normalized spacial score (nSPS) is 10.8. The minimum atomic E-state index is -0.366. The molecule has 3 aromatic rings. The summed E-state index contributed by atoms with van der Waals surface area (Å²) in [7, 11) is 1.58. The summed E-state index contributed by atoms with van der Waals surface area (Å²) in [5.74, 6) is -0.0106. The van der Waals surface area contributed by atoms with Gasteiger partial charge in [-0.15, -0.1) is 0 Å². The fraction of sp³-hybridized carbons (Fsp3) is 0.136. The van der Waals surface area contributed by atoms with Crippen molar-refractivity contribution in [2.24, 2.45) is 5.10 Å². The molecule has 0 aliphatic rings. The average molecular weight is 410 g/mol. The van der Waals surface area contributed by atoms with E-state index in [9.17, 15) is 9.59 Å². The predicted molar refractivity (Wildman–Crippen MR) is 116 cm³/mol. The van der Waals surface area contributed by atoms with E-state index in [0.717, 1.165) is 16.3 Å². The number of anilines is 1. The van der Waals surface area contributed by atoms with Gasteiger partial charge in [-0.25, -0.2) is 5.43 Å². The zero-order valence-corrected chi connectivity index (χ0v) is 16.6. The third-order valence-electron chi connectivity index (χ3n) is 4.26. The number of rotatable bonds is 7. The van der Waals surface area contributed by atoms with Crippen LogP contribution in [-0.2, 0) is 9.59 Å². The number of nitrogens with zero attached hydrogens (tertiary/aromatic N) is 1. The number of hydrogen-bond acceptors (Lipinski definition) is 4. The summed E-state index contributed by atoms with van der Waals surface area (Å²) in [6.45, 7) is 0. The zero-order chi connectivity index (χ0) is 20.6. The van der Waals surface area contributed by atoms with Gasteiger partial charge in [-0.2, -0.15) is 5.10 Å². The Kier molecular flexibility index (Phi) is 6.81. The van der Waals surface area contributed by atoms with E-state index in [1.807, 2.05) is 36.4 Å². The van der Waals surface area contributed by atoms with E-state index >= 15 is 0 Å². The van der Waals surface area contributed by atoms with Gasteiger partial charge >= 0.3 is 0 Å². The number of ether oxygens (including phenoxy) is 1. The molecule has 0 bridgehead atoms. The Labute approximate surface area is 173 Å². The summed E-state index contributed by atoms with van der Waals surface area (Å²) in [4.78, 5) is 24.0. The lowest BCUT2D eigenvalue weighted by Crippen LogP contribution is -2.20. The minimum Gasteiger partial charge on any atom is -0.496 e. The number of carbonyl (C=O) groups is 2. The summed E-state index contributed by atoms with van der Waals surface area (Å²) >= 11 is 6.00. The molecular weight excluding hydrogens is 390 g/mol. The Balaban J connectivity index is 1.57. The van der Waals surface area contributed by atoms with Crippen LogP contribution in [0.4, 0.5) is 5.69 Å². The van der Waals surface area contributed by atoms with E-state index in [4.69, 9.17) is 16.3 Å². The fourth-order valence-electron chi connectivity index (χ4n) is 2.81. The van der Waals surface area contributed by atoms with Crippen molar-refractivity contribution >= 4 is 46.1 Å². The molecule has 0 fully saturated rings. The van der Waals surface area contributed by atoms with Gasteiger partial charge in [-0.1, -0.05) is 54.1 Å². The maximum atomic E-state index is 12.0. The Morgan fingerprint density at radius 1 is 1.00 bits per heavy atom. The van der Waals surface area contributed by atoms with Gasteiger partial charge in [0.2, 0.25) is 11.8 Å². The van der Waals surface area contributed by atoms with E-state index in [-0.39, 0.29) is 24.7 Å². The SMILES string of the molecule is COc1ccc2ccccc2c1/C=N\NC(=O)CCC(=O)Nc1ccccc1Cl. The second kappa shape index (κ2) is 9.71. The molecule has 3 aromatic carbocycles. The van der Waals surface area contributed by atoms with Crippen LogP contribution in [0.3, 0.4) is 0 Å². The molecule has 0 spiro atoms. The van der Waals surface area contributed by atoms with E-state index < -0.39 is 0 Å². The summed E-state index contributed by atoms with van der Waals surface area (Å²) in [6.07, 6.45) is 1.56. The molecule has 0 aliphatic carbocycles. The van der Waals surface area contributed by atoms with E-state index in [2.05, 4.69) is 15.8 Å². The Bertz CT molecular complexity index is 1070. The van der Waals surface area contributed by atoms with Crippen molar-refractivity contribution < 1.29 is 14.3 Å². The van der Waals surface area contributed by atoms with Gasteiger partial charge in [0.05, 0.1) is 24.0 Å². The number of amides is 2. The van der Waals surface area contributed by atoms with Crippen LogP contribution in [0, 0.1) is 0 Å². The molecule has 0 atom stereocenters. The molecule has 0 aromatic heterocycles. The van der Waals surface area contributed by atoms with Crippen molar-refractivity contribution in [3.05, 3.63) is 71.2 Å². The molecule has 7 heteroatoms. The lowest BCUT2D eigenvalue weighted by atomic mass is 10.0. The van der Waals surface area contributed by atoms with Crippen LogP contribution in [-0.4, -0.2) is 25.1 Å². The first-order valence-electron chi connectivity index (χ1n) is 9.00. The Hall–Kier alpha value is -3.38. The van der Waals surface area contributed by atoms with Gasteiger partial charge in [0, 0.05) is 18.4 Å². The fourth-order valence-corrected chi connectivity index (χ4v) is 3.00. The van der Waals surface area contributed by atoms with Crippen molar-refractivity contribution in [3.8, 4) is 5.75 Å². The van der Waals surface area contributed by atoms with Gasteiger partial charge < -0.3 is 10.1 Å². The predicted octanol–water partition coefficient (Wildman–Crippen LogP) is 4.37. The summed E-state index contributed by atoms with van der Waals surface area (Å²) in [5, 5.41) is 9.14. The number of halogens is 1. The number of carbonyl (C=O) groups excluding carboxylic acids is 2. The highest BCUT2D eigenvalue weighted by molar-refractivity contribution is 6.33. The second-order valence-electron chi connectivity index (χ2n) is 6.22. The number of benzene rings is 3. The largest absolute Gasteiger partial charge is 0.496 e. The lowest BCUT2D eigenvalue weighted by molar-refractivity contribution is -0.124. The molecule has 6 nitrogen and oxygen atoms in total. The maximum Gasteiger partial charge on any atom is 0.240 e. The molecule has 0 saturated carbocycles. The van der Waals surface area contributed by atoms with Crippen LogP contribution in [0.15, 0.2) is 65.8 Å². The number of nitrogens with one attached hydrogen (secondary N) is 2. The Morgan fingerprint density at radius 3 is 2.52 bits per heavy atom. The standard InChI is InChI=1S/C22H20ClN3O3/c1-29-20-11-10-15-6-2-3-7-16(15)17(20)14-24-26-22(28)13-12-21(27)25-19-9-5-4-8-18(19)23/h2-11,14H,12-13H2,1H3,(H,25,27)(H,26,28)/b24-14-. The highest BCUT2D eigenvalue weighted by atomic mass is 35.5. The maximum absolute atomic E-state index is 12.0. The molecule has 0 unspecified atom stereocenters. The van der Waals surface area contributed by atoms with E-state index in [1.54, 1.807) is 37.6 Å². The number of fused-ring (bicyclic) bond motifs is 1. The summed E-state index contributed by atoms with van der Waals surface area (Å²) in [5.41, 5.74) is 3.73. The van der Waals surface area contributed by atoms with Crippen LogP contribution in [0.25, 0.3) is 10.8 Å². The first-order valence-corrected chi connectivity index (χ1v) is 9.38. The van der Waals surface area contributed by atoms with E-state index in [0.29, 0.717) is 16.5 Å². The zero-order valence-electron chi connectivity index (χ0n) is 15.8. The first kappa shape index (κ1) is 20.4. The molecule has 148 valence electrons. The average Bonchev–Trinajstić information content (AvgIpc) is 2.74. The number of hydrazone groups is 1. The quantitative estimate of drug-likeness (QED) is 0.449. The van der Waals surface area contributed by atoms with E-state index in [1.165, 1.54) is 0 Å². The Morgan fingerprint density at radius 2 is 1.72 bits per heavy atom. The molecule has 0 radical (unpaired) electrons. The van der Waals surface area contributed by atoms with Crippen LogP contribution in [0.1, 0.15) is 18.4 Å². The topological polar surface area (TPSA) is 79.8 Å². The van der Waals surface area contributed by atoms with Crippen LogP contribution in [0.2, 0.25) is 5.02 Å². The smallest absolute Gasteiger partial charge is 0.240 e. The molecule has 0 heterocycles. The van der Waals surface area contributed by atoms with Crippen molar-refractivity contribution in [2.45, 2.75) is 12.8 Å². The van der Waals surface area contributed by atoms with Crippen molar-refractivity contribution in [1.82, 2.24) is 5.43 Å². The molecule has 0 saturated heterocycles. The first-order chi connectivity index (χ1) is 14.1. The highest BCUT2D eigenvalue weighted by Gasteiger charge is 2.09. The molecular formula is C22H20ClN3O3. The molecule has 0 aliphatic heterocycles. The van der Waals surface area contributed by atoms with Crippen molar-refractivity contribution in [3.63, 3.8) is 0 Å². The van der Waals surface area contributed by atoms with Gasteiger partial charge in [0.1, 0.15) is 5.75 Å². The van der Waals surface area contributed by atoms with Crippen molar-refractivity contribution in [2.75, 3.05) is 12.4 Å². The van der Waals surface area contributed by atoms with Crippen LogP contribution in [0.5, 0.6) is 5.75 Å². The van der Waals surface area contributed by atoms with Crippen LogP contribution < -0.4 is 15.5 Å². The highest BCUT2D eigenvalue weighted by Crippen LogP contribution is 2.26. The molecule has 3 rings (SSSR count). The second-order valence-corrected chi connectivity index (χ2v) is 6.63. The van der Waals surface area contributed by atoms with Crippen LogP contribution >= 0.6 is 11.6 Å². The molecule has 2 N–H and O–H groups in total. The molecule has 2 amide bonds. The number of hydrogen-bond donors (Lipinski definition) is 2. The van der Waals surface area contributed by atoms with Crippen molar-refractivity contribution in [1.29, 1.82) is 0 Å². The van der Waals surface area contributed by atoms with Gasteiger partial charge in [0.25, 0.3) is 0 Å². The van der Waals surface area contributed by atoms with Gasteiger partial charge in [-0.05, 0) is 29.0 Å². The third-order valence-corrected chi connectivity index (χ3v) is 4.59. The molecule has 29 heavy (non-hydrogen) atoms. The van der Waals surface area contributed by atoms with Gasteiger partial charge in [-0.3, -0.25) is 9.59 Å². The lowest BCUT2D eigenvalue weighted by Gasteiger charge is -2.08. The number of methoxy groups -OCH3 is 1. The summed E-state index contributed by atoms with van der Waals surface area (Å²) < 4.78 is 5.39. The number of para-hydroxylation sites is 1. The summed E-state index contributed by atoms with van der Waals surface area (Å²) in [6, 6.07) is 18.6. The monoisotopic (exact) mass is 409 g/mol. The third kappa shape index (κ3) is 5.33. The minimum absolute atomic E-state index is 0.000296. The van der Waals surface area contributed by atoms with Gasteiger partial charge in [0.15, 0.2) is 0 Å².